The molecule has 3 nitrogen and oxygen atoms in total. The predicted octanol–water partition coefficient (Wildman–Crippen LogP) is 2.01. The lowest BCUT2D eigenvalue weighted by molar-refractivity contribution is 0.244. The zero-order valence-corrected chi connectivity index (χ0v) is 8.11. The second-order valence-corrected chi connectivity index (χ2v) is 2.74. The van der Waals surface area contributed by atoms with Crippen LogP contribution in [0, 0.1) is 0 Å². The molecule has 0 saturated carbocycles. The molecule has 0 rings (SSSR count). The Kier molecular flexibility index (Phi) is 6.15. The minimum Gasteiger partial charge on any atom is -0.338 e. The summed E-state index contributed by atoms with van der Waals surface area (Å²) in [6, 6.07) is -0.121. The van der Waals surface area contributed by atoms with Crippen LogP contribution in [0.25, 0.3) is 0 Å². The van der Waals surface area contributed by atoms with Crippen LogP contribution >= 0.6 is 0 Å². The zero-order chi connectivity index (χ0) is 9.40. The Balaban J connectivity index is 3.56. The molecule has 0 aromatic carbocycles. The summed E-state index contributed by atoms with van der Waals surface area (Å²) in [6.07, 6.45) is 3.67. The smallest absolute Gasteiger partial charge is 0.318 e. The maximum absolute atomic E-state index is 11.0. The first kappa shape index (κ1) is 11.0. The highest BCUT2D eigenvalue weighted by molar-refractivity contribution is 5.74. The van der Waals surface area contributed by atoms with Crippen LogP contribution in [0.4, 0.5) is 4.79 Å². The minimum absolute atomic E-state index is 0.121. The molecule has 12 heavy (non-hydrogen) atoms. The Morgan fingerprint density at radius 1 is 1.42 bits per heavy atom. The molecule has 2 N–H and O–H groups in total. The lowest BCUT2D eigenvalue weighted by Crippen LogP contribution is -2.32. The molecule has 0 spiro atoms. The first-order valence-electron chi connectivity index (χ1n) is 4.40. The van der Waals surface area contributed by atoms with Crippen molar-refractivity contribution in [2.24, 2.45) is 0 Å². The second kappa shape index (κ2) is 6.70. The van der Waals surface area contributed by atoms with E-state index in [0.717, 1.165) is 19.4 Å². The minimum atomic E-state index is -0.121. The number of carbonyl (C=O) groups is 1. The topological polar surface area (TPSA) is 41.1 Å². The molecule has 0 heterocycles. The van der Waals surface area contributed by atoms with Gasteiger partial charge in [-0.25, -0.2) is 4.79 Å². The summed E-state index contributed by atoms with van der Waals surface area (Å²) in [7, 11) is 0. The van der Waals surface area contributed by atoms with E-state index in [9.17, 15) is 4.79 Å². The zero-order valence-electron chi connectivity index (χ0n) is 8.11. The summed E-state index contributed by atoms with van der Waals surface area (Å²) < 4.78 is 0. The van der Waals surface area contributed by atoms with Crippen molar-refractivity contribution in [1.29, 1.82) is 0 Å². The SMILES string of the molecule is CCCNC(=O)N/C=C(\C)CC. The molecule has 0 radical (unpaired) electrons. The molecule has 0 unspecified atom stereocenters. The van der Waals surface area contributed by atoms with Gasteiger partial charge in [-0.2, -0.15) is 0 Å². The van der Waals surface area contributed by atoms with Gasteiger partial charge in [0.15, 0.2) is 0 Å². The third kappa shape index (κ3) is 5.77. The molecule has 0 atom stereocenters. The van der Waals surface area contributed by atoms with Crippen LogP contribution in [0.3, 0.4) is 0 Å². The van der Waals surface area contributed by atoms with E-state index in [1.165, 1.54) is 5.57 Å². The highest BCUT2D eigenvalue weighted by Gasteiger charge is 1.93. The quantitative estimate of drug-likeness (QED) is 0.665. The highest BCUT2D eigenvalue weighted by atomic mass is 16.2. The number of nitrogens with one attached hydrogen (secondary N) is 2. The third-order valence-electron chi connectivity index (χ3n) is 1.54. The Morgan fingerprint density at radius 3 is 2.58 bits per heavy atom. The van der Waals surface area contributed by atoms with Gasteiger partial charge in [0.05, 0.1) is 0 Å². The van der Waals surface area contributed by atoms with Gasteiger partial charge in [-0.3, -0.25) is 0 Å². The van der Waals surface area contributed by atoms with Crippen LogP contribution in [0.2, 0.25) is 0 Å². The monoisotopic (exact) mass is 170 g/mol. The van der Waals surface area contributed by atoms with E-state index in [1.807, 2.05) is 13.8 Å². The van der Waals surface area contributed by atoms with Crippen molar-refractivity contribution in [2.45, 2.75) is 33.6 Å². The van der Waals surface area contributed by atoms with E-state index in [1.54, 1.807) is 6.20 Å². The largest absolute Gasteiger partial charge is 0.338 e. The number of urea groups is 1. The summed E-state index contributed by atoms with van der Waals surface area (Å²) in [6.45, 7) is 6.79. The maximum Gasteiger partial charge on any atom is 0.318 e. The van der Waals surface area contributed by atoms with Crippen molar-refractivity contribution in [1.82, 2.24) is 10.6 Å². The van der Waals surface area contributed by atoms with Gasteiger partial charge in [0.25, 0.3) is 0 Å². The Hall–Kier alpha value is -0.990. The van der Waals surface area contributed by atoms with Crippen LogP contribution in [0.1, 0.15) is 33.6 Å². The van der Waals surface area contributed by atoms with Crippen molar-refractivity contribution >= 4 is 6.03 Å². The van der Waals surface area contributed by atoms with Gasteiger partial charge in [0.1, 0.15) is 0 Å². The van der Waals surface area contributed by atoms with Gasteiger partial charge in [-0.05, 0) is 19.8 Å². The van der Waals surface area contributed by atoms with Crippen LogP contribution in [-0.4, -0.2) is 12.6 Å². The van der Waals surface area contributed by atoms with Gasteiger partial charge in [0.2, 0.25) is 0 Å². The van der Waals surface area contributed by atoms with Crippen LogP contribution < -0.4 is 10.6 Å². The Morgan fingerprint density at radius 2 is 2.08 bits per heavy atom. The van der Waals surface area contributed by atoms with Gasteiger partial charge < -0.3 is 10.6 Å². The number of carbonyl (C=O) groups excluding carboxylic acids is 1. The number of allylic oxidation sites excluding steroid dienone is 1. The van der Waals surface area contributed by atoms with Crippen molar-refractivity contribution in [3.8, 4) is 0 Å². The molecule has 0 fully saturated rings. The number of hydrogen-bond donors (Lipinski definition) is 2. The summed E-state index contributed by atoms with van der Waals surface area (Å²) in [4.78, 5) is 11.0. The number of rotatable bonds is 4. The molecule has 0 aromatic heterocycles. The van der Waals surface area contributed by atoms with Crippen LogP contribution in [0.15, 0.2) is 11.8 Å². The fourth-order valence-electron chi connectivity index (χ4n) is 0.580. The fourth-order valence-corrected chi connectivity index (χ4v) is 0.580. The molecule has 2 amide bonds. The van der Waals surface area contributed by atoms with Gasteiger partial charge in [-0.1, -0.05) is 19.4 Å². The lowest BCUT2D eigenvalue weighted by Gasteiger charge is -2.02. The molecular weight excluding hydrogens is 152 g/mol. The molecule has 0 aliphatic rings. The predicted molar refractivity (Wildman–Crippen MR) is 50.9 cm³/mol. The van der Waals surface area contributed by atoms with E-state index in [-0.39, 0.29) is 6.03 Å². The standard InChI is InChI=1S/C9H18N2O/c1-4-6-10-9(12)11-7-8(3)5-2/h7H,4-6H2,1-3H3,(H2,10,11,12)/b8-7+. The van der Waals surface area contributed by atoms with Crippen LogP contribution in [0.5, 0.6) is 0 Å². The lowest BCUT2D eigenvalue weighted by atomic mass is 10.3. The van der Waals surface area contributed by atoms with E-state index < -0.39 is 0 Å². The number of hydrogen-bond acceptors (Lipinski definition) is 1. The number of amides is 2. The highest BCUT2D eigenvalue weighted by Crippen LogP contribution is 1.94. The third-order valence-corrected chi connectivity index (χ3v) is 1.54. The molecule has 3 heteroatoms. The van der Waals surface area contributed by atoms with E-state index in [4.69, 9.17) is 0 Å². The first-order chi connectivity index (χ1) is 5.70. The summed E-state index contributed by atoms with van der Waals surface area (Å²) in [5.41, 5.74) is 1.17. The molecule has 0 aromatic rings. The molecular formula is C9H18N2O. The Bertz CT molecular complexity index is 164. The molecule has 0 aliphatic carbocycles. The van der Waals surface area contributed by atoms with E-state index in [2.05, 4.69) is 17.6 Å². The van der Waals surface area contributed by atoms with Gasteiger partial charge in [-0.15, -0.1) is 0 Å². The van der Waals surface area contributed by atoms with Crippen molar-refractivity contribution in [3.05, 3.63) is 11.8 Å². The normalized spacial score (nSPS) is 11.1. The van der Waals surface area contributed by atoms with Crippen molar-refractivity contribution < 1.29 is 4.79 Å². The molecule has 0 bridgehead atoms. The summed E-state index contributed by atoms with van der Waals surface area (Å²) in [5, 5.41) is 5.37. The fraction of sp³-hybridized carbons (Fsp3) is 0.667. The van der Waals surface area contributed by atoms with Gasteiger partial charge >= 0.3 is 6.03 Å². The Labute approximate surface area is 74.2 Å². The van der Waals surface area contributed by atoms with Crippen molar-refractivity contribution in [2.75, 3.05) is 6.54 Å². The summed E-state index contributed by atoms with van der Waals surface area (Å²) in [5.74, 6) is 0. The maximum atomic E-state index is 11.0. The van der Waals surface area contributed by atoms with Crippen molar-refractivity contribution in [3.63, 3.8) is 0 Å². The van der Waals surface area contributed by atoms with Gasteiger partial charge in [0, 0.05) is 12.7 Å². The molecule has 0 saturated heterocycles. The summed E-state index contributed by atoms with van der Waals surface area (Å²) >= 11 is 0. The molecule has 70 valence electrons. The second-order valence-electron chi connectivity index (χ2n) is 2.74. The average molecular weight is 170 g/mol. The molecule has 0 aliphatic heterocycles. The average Bonchev–Trinajstić information content (AvgIpc) is 2.10. The van der Waals surface area contributed by atoms with E-state index in [0.29, 0.717) is 0 Å². The van der Waals surface area contributed by atoms with E-state index >= 15 is 0 Å². The first-order valence-corrected chi connectivity index (χ1v) is 4.40. The van der Waals surface area contributed by atoms with Crippen LogP contribution in [-0.2, 0) is 0 Å².